The summed E-state index contributed by atoms with van der Waals surface area (Å²) in [6.07, 6.45) is 4.39. The molecule has 5 rings (SSSR count). The van der Waals surface area contributed by atoms with Crippen molar-refractivity contribution in [2.24, 2.45) is 5.92 Å². The number of nitrogens with one attached hydrogen (secondary N) is 1. The van der Waals surface area contributed by atoms with E-state index in [1.54, 1.807) is 30.5 Å². The molecule has 0 saturated carbocycles. The van der Waals surface area contributed by atoms with Gasteiger partial charge < -0.3 is 15.0 Å². The quantitative estimate of drug-likeness (QED) is 0.336. The average molecular weight is 551 g/mol. The Hall–Kier alpha value is -3.82. The number of sulfone groups is 1. The molecule has 8 nitrogen and oxygen atoms in total. The van der Waals surface area contributed by atoms with Gasteiger partial charge in [0.1, 0.15) is 18.7 Å². The number of carbonyl (C=O) groups is 1. The molecule has 0 spiro atoms. The Morgan fingerprint density at radius 2 is 1.82 bits per heavy atom. The van der Waals surface area contributed by atoms with Crippen molar-refractivity contribution < 1.29 is 17.9 Å². The number of ether oxygens (including phenoxy) is 1. The molecular formula is C28H27ClN4O4S. The van der Waals surface area contributed by atoms with Crippen LogP contribution < -0.4 is 15.0 Å². The maximum atomic E-state index is 12.6. The number of hydrogen-bond donors (Lipinski definition) is 1. The maximum absolute atomic E-state index is 12.6. The molecule has 1 aliphatic rings. The Balaban J connectivity index is 1.10. The predicted octanol–water partition coefficient (Wildman–Crippen LogP) is 4.88. The number of anilines is 1. The highest BCUT2D eigenvalue weighted by Crippen LogP contribution is 2.26. The number of aromatic nitrogens is 2. The van der Waals surface area contributed by atoms with Crippen molar-refractivity contribution in [3.05, 3.63) is 95.9 Å². The van der Waals surface area contributed by atoms with Gasteiger partial charge in [0.05, 0.1) is 10.6 Å². The lowest BCUT2D eigenvalue weighted by Crippen LogP contribution is -2.51. The first-order valence-corrected chi connectivity index (χ1v) is 14.4. The minimum absolute atomic E-state index is 0.216. The van der Waals surface area contributed by atoms with E-state index in [-0.39, 0.29) is 10.9 Å². The van der Waals surface area contributed by atoms with E-state index in [4.69, 9.17) is 16.3 Å². The molecule has 1 aliphatic heterocycles. The third-order valence-corrected chi connectivity index (χ3v) is 7.76. The molecular weight excluding hydrogens is 524 g/mol. The standard InChI is InChI=1S/C28H27ClN4O4S/c1-38(35,36)26-11-5-20(6-12-26)18-37-25-9-7-22(8-10-25)27-17-33(19-31-27)28(34)30-14-21-15-32(16-21)24-4-2-3-23(29)13-24/h2-13,17,19,21H,14-16,18H2,1H3,(H,30,34). The summed E-state index contributed by atoms with van der Waals surface area (Å²) in [7, 11) is -3.22. The number of benzene rings is 3. The van der Waals surface area contributed by atoms with Crippen molar-refractivity contribution in [1.82, 2.24) is 14.9 Å². The molecule has 1 saturated heterocycles. The summed E-state index contributed by atoms with van der Waals surface area (Å²) in [6, 6.07) is 21.6. The largest absolute Gasteiger partial charge is 0.489 e. The van der Waals surface area contributed by atoms with Crippen LogP contribution in [-0.2, 0) is 16.4 Å². The third-order valence-electron chi connectivity index (χ3n) is 6.40. The van der Waals surface area contributed by atoms with Crippen molar-refractivity contribution >= 4 is 33.2 Å². The minimum atomic E-state index is -3.22. The van der Waals surface area contributed by atoms with Crippen LogP contribution >= 0.6 is 11.6 Å². The van der Waals surface area contributed by atoms with Crippen molar-refractivity contribution in [3.63, 3.8) is 0 Å². The van der Waals surface area contributed by atoms with E-state index in [1.165, 1.54) is 17.2 Å². The van der Waals surface area contributed by atoms with Crippen LogP contribution in [0.5, 0.6) is 5.75 Å². The van der Waals surface area contributed by atoms with E-state index in [9.17, 15) is 13.2 Å². The Labute approximate surface area is 226 Å². The molecule has 0 atom stereocenters. The van der Waals surface area contributed by atoms with Gasteiger partial charge in [-0.3, -0.25) is 4.57 Å². The number of amides is 1. The Kier molecular flexibility index (Phi) is 7.40. The summed E-state index contributed by atoms with van der Waals surface area (Å²) < 4.78 is 30.4. The number of rotatable bonds is 8. The first-order valence-electron chi connectivity index (χ1n) is 12.1. The van der Waals surface area contributed by atoms with Crippen LogP contribution in [0.3, 0.4) is 0 Å². The SMILES string of the molecule is CS(=O)(=O)c1ccc(COc2ccc(-c3cn(C(=O)NCC4CN(c5cccc(Cl)c5)C4)cn3)cc2)cc1. The fourth-order valence-electron chi connectivity index (χ4n) is 4.21. The topological polar surface area (TPSA) is 93.5 Å². The summed E-state index contributed by atoms with van der Waals surface area (Å²) in [6.45, 7) is 2.65. The zero-order valence-corrected chi connectivity index (χ0v) is 22.3. The minimum Gasteiger partial charge on any atom is -0.489 e. The number of nitrogens with zero attached hydrogens (tertiary/aromatic N) is 3. The summed E-state index contributed by atoms with van der Waals surface area (Å²) in [5, 5.41) is 3.70. The molecule has 2 heterocycles. The van der Waals surface area contributed by atoms with E-state index >= 15 is 0 Å². The van der Waals surface area contributed by atoms with Crippen LogP contribution in [0.1, 0.15) is 5.56 Å². The van der Waals surface area contributed by atoms with Crippen molar-refractivity contribution in [2.45, 2.75) is 11.5 Å². The van der Waals surface area contributed by atoms with Gasteiger partial charge in [-0.1, -0.05) is 29.8 Å². The lowest BCUT2D eigenvalue weighted by molar-refractivity contribution is 0.238. The van der Waals surface area contributed by atoms with Crippen molar-refractivity contribution in [1.29, 1.82) is 0 Å². The molecule has 0 radical (unpaired) electrons. The second kappa shape index (κ2) is 10.9. The second-order valence-corrected chi connectivity index (χ2v) is 11.8. The molecule has 10 heteroatoms. The monoisotopic (exact) mass is 550 g/mol. The van der Waals surface area contributed by atoms with Crippen LogP contribution in [0.4, 0.5) is 10.5 Å². The summed E-state index contributed by atoms with van der Waals surface area (Å²) in [4.78, 5) is 19.5. The normalized spacial score (nSPS) is 13.7. The molecule has 1 aromatic heterocycles. The van der Waals surface area contributed by atoms with Crippen LogP contribution in [-0.4, -0.2) is 49.9 Å². The number of halogens is 1. The highest BCUT2D eigenvalue weighted by molar-refractivity contribution is 7.90. The van der Waals surface area contributed by atoms with Crippen molar-refractivity contribution in [3.8, 4) is 17.0 Å². The van der Waals surface area contributed by atoms with Gasteiger partial charge in [0.15, 0.2) is 9.84 Å². The summed E-state index contributed by atoms with van der Waals surface area (Å²) in [5.41, 5.74) is 3.50. The lowest BCUT2D eigenvalue weighted by Gasteiger charge is -2.41. The zero-order valence-electron chi connectivity index (χ0n) is 20.7. The number of carbonyl (C=O) groups excluding carboxylic acids is 1. The molecule has 196 valence electrons. The third kappa shape index (κ3) is 6.17. The highest BCUT2D eigenvalue weighted by Gasteiger charge is 2.27. The Morgan fingerprint density at radius 3 is 2.50 bits per heavy atom. The van der Waals surface area contributed by atoms with Gasteiger partial charge in [-0.15, -0.1) is 0 Å². The molecule has 1 amide bonds. The van der Waals surface area contributed by atoms with Crippen LogP contribution in [0.25, 0.3) is 11.3 Å². The number of imidazole rings is 1. The van der Waals surface area contributed by atoms with E-state index in [0.717, 1.165) is 34.9 Å². The second-order valence-electron chi connectivity index (χ2n) is 9.33. The molecule has 0 unspecified atom stereocenters. The molecule has 1 fully saturated rings. The first-order chi connectivity index (χ1) is 18.2. The fourth-order valence-corrected chi connectivity index (χ4v) is 5.02. The van der Waals surface area contributed by atoms with Crippen LogP contribution in [0, 0.1) is 5.92 Å². The highest BCUT2D eigenvalue weighted by atomic mass is 35.5. The van der Waals surface area contributed by atoms with Gasteiger partial charge in [-0.25, -0.2) is 18.2 Å². The van der Waals surface area contributed by atoms with Crippen LogP contribution in [0.2, 0.25) is 5.02 Å². The van der Waals surface area contributed by atoms with E-state index in [0.29, 0.717) is 30.5 Å². The van der Waals surface area contributed by atoms with Gasteiger partial charge >= 0.3 is 6.03 Å². The molecule has 38 heavy (non-hydrogen) atoms. The predicted molar refractivity (Wildman–Crippen MR) is 147 cm³/mol. The molecule has 1 N–H and O–H groups in total. The summed E-state index contributed by atoms with van der Waals surface area (Å²) in [5.74, 6) is 1.05. The van der Waals surface area contributed by atoms with Gasteiger partial charge in [-0.05, 0) is 60.2 Å². The van der Waals surface area contributed by atoms with Crippen LogP contribution in [0.15, 0.2) is 90.2 Å². The van der Waals surface area contributed by atoms with E-state index in [1.807, 2.05) is 48.5 Å². The van der Waals surface area contributed by atoms with Gasteiger partial charge in [0, 0.05) is 54.3 Å². The van der Waals surface area contributed by atoms with E-state index < -0.39 is 9.84 Å². The Bertz CT molecular complexity index is 1530. The first kappa shape index (κ1) is 25.8. The average Bonchev–Trinajstić information content (AvgIpc) is 3.37. The lowest BCUT2D eigenvalue weighted by atomic mass is 9.99. The van der Waals surface area contributed by atoms with Gasteiger partial charge in [-0.2, -0.15) is 0 Å². The smallest absolute Gasteiger partial charge is 0.326 e. The maximum Gasteiger partial charge on any atom is 0.326 e. The molecule has 0 bridgehead atoms. The molecule has 3 aromatic carbocycles. The molecule has 0 aliphatic carbocycles. The Morgan fingerprint density at radius 1 is 1.08 bits per heavy atom. The van der Waals surface area contributed by atoms with Gasteiger partial charge in [0.2, 0.25) is 0 Å². The fraction of sp³-hybridized carbons (Fsp3) is 0.214. The van der Waals surface area contributed by atoms with E-state index in [2.05, 4.69) is 15.2 Å². The zero-order chi connectivity index (χ0) is 26.7. The molecule has 4 aromatic rings. The van der Waals surface area contributed by atoms with Gasteiger partial charge in [0.25, 0.3) is 0 Å². The van der Waals surface area contributed by atoms with Crippen molar-refractivity contribution in [2.75, 3.05) is 30.8 Å². The summed E-state index contributed by atoms with van der Waals surface area (Å²) >= 11 is 6.07. The number of hydrogen-bond acceptors (Lipinski definition) is 6.